The molecular weight excluding hydrogens is 318 g/mol. The summed E-state index contributed by atoms with van der Waals surface area (Å²) < 4.78 is 2.47. The molecule has 0 fully saturated rings. The zero-order valence-corrected chi connectivity index (χ0v) is 14.5. The van der Waals surface area contributed by atoms with Gasteiger partial charge in [0.05, 0.1) is 27.2 Å². The first-order valence-electron chi connectivity index (χ1n) is 7.68. The Labute approximate surface area is 144 Å². The van der Waals surface area contributed by atoms with Crippen LogP contribution in [0.1, 0.15) is 18.5 Å². The Kier molecular flexibility index (Phi) is 3.90. The fraction of sp³-hybridized carbons (Fsp3) is 0.100. The fourth-order valence-corrected chi connectivity index (χ4v) is 4.49. The molecule has 0 amide bonds. The van der Waals surface area contributed by atoms with Crippen LogP contribution in [0.3, 0.4) is 0 Å². The van der Waals surface area contributed by atoms with Gasteiger partial charge in [-0.05, 0) is 47.5 Å². The van der Waals surface area contributed by atoms with E-state index >= 15 is 0 Å². The van der Waals surface area contributed by atoms with Gasteiger partial charge < -0.3 is 4.57 Å². The highest BCUT2D eigenvalue weighted by atomic mass is 32.1. The van der Waals surface area contributed by atoms with Crippen LogP contribution in [-0.2, 0) is 0 Å². The number of thiophene rings is 2. The van der Waals surface area contributed by atoms with Gasteiger partial charge in [-0.25, -0.2) is 0 Å². The lowest BCUT2D eigenvalue weighted by molar-refractivity contribution is 0.657. The average molecular weight is 335 g/mol. The zero-order valence-electron chi connectivity index (χ0n) is 12.8. The Morgan fingerprint density at radius 3 is 1.74 bits per heavy atom. The number of nitrogens with zero attached hydrogens (tertiary/aromatic N) is 1. The van der Waals surface area contributed by atoms with E-state index in [0.29, 0.717) is 6.04 Å². The molecular formula is C20H17NS2. The molecule has 23 heavy (non-hydrogen) atoms. The second kappa shape index (κ2) is 6.19. The number of hydrogen-bond acceptors (Lipinski definition) is 2. The standard InChI is InChI=1S/C20H17NS2/c1-15(16-7-3-2-4-8-16)21-17(19-9-5-13-22-19)11-12-18(21)20-10-6-14-23-20/h2-15H,1H3. The van der Waals surface area contributed by atoms with Gasteiger partial charge in [-0.2, -0.15) is 0 Å². The second-order valence-electron chi connectivity index (χ2n) is 5.52. The van der Waals surface area contributed by atoms with Crippen LogP contribution in [0, 0.1) is 0 Å². The summed E-state index contributed by atoms with van der Waals surface area (Å²) in [4.78, 5) is 2.63. The van der Waals surface area contributed by atoms with E-state index in [4.69, 9.17) is 0 Å². The minimum Gasteiger partial charge on any atom is -0.332 e. The Morgan fingerprint density at radius 2 is 1.26 bits per heavy atom. The normalized spacial score (nSPS) is 12.4. The monoisotopic (exact) mass is 335 g/mol. The lowest BCUT2D eigenvalue weighted by Crippen LogP contribution is -2.09. The summed E-state index contributed by atoms with van der Waals surface area (Å²) in [5.41, 5.74) is 3.92. The summed E-state index contributed by atoms with van der Waals surface area (Å²) in [5, 5.41) is 4.29. The molecule has 114 valence electrons. The van der Waals surface area contributed by atoms with Gasteiger partial charge in [0, 0.05) is 0 Å². The Bertz CT molecular complexity index is 820. The van der Waals surface area contributed by atoms with Crippen molar-refractivity contribution in [1.29, 1.82) is 0 Å². The van der Waals surface area contributed by atoms with Crippen LogP contribution < -0.4 is 0 Å². The molecule has 0 spiro atoms. The van der Waals surface area contributed by atoms with Gasteiger partial charge in [0.2, 0.25) is 0 Å². The topological polar surface area (TPSA) is 4.93 Å². The van der Waals surface area contributed by atoms with Gasteiger partial charge in [-0.1, -0.05) is 42.5 Å². The summed E-state index contributed by atoms with van der Waals surface area (Å²) in [5.74, 6) is 0. The van der Waals surface area contributed by atoms with Crippen LogP contribution in [0.2, 0.25) is 0 Å². The second-order valence-corrected chi connectivity index (χ2v) is 7.41. The first-order chi connectivity index (χ1) is 11.3. The lowest BCUT2D eigenvalue weighted by atomic mass is 10.1. The molecule has 0 saturated heterocycles. The van der Waals surface area contributed by atoms with E-state index in [1.165, 1.54) is 26.7 Å². The molecule has 0 bridgehead atoms. The minimum atomic E-state index is 0.292. The predicted molar refractivity (Wildman–Crippen MR) is 101 cm³/mol. The first-order valence-corrected chi connectivity index (χ1v) is 9.44. The minimum absolute atomic E-state index is 0.292. The third kappa shape index (κ3) is 2.67. The molecule has 1 unspecified atom stereocenters. The van der Waals surface area contributed by atoms with E-state index in [-0.39, 0.29) is 0 Å². The van der Waals surface area contributed by atoms with Crippen LogP contribution in [0.5, 0.6) is 0 Å². The molecule has 3 heteroatoms. The number of benzene rings is 1. The molecule has 0 N–H and O–H groups in total. The summed E-state index contributed by atoms with van der Waals surface area (Å²) in [6, 6.07) is 24.2. The van der Waals surface area contributed by atoms with E-state index in [1.807, 2.05) is 0 Å². The maximum Gasteiger partial charge on any atom is 0.0592 e. The van der Waals surface area contributed by atoms with Crippen LogP contribution >= 0.6 is 22.7 Å². The molecule has 0 aliphatic rings. The highest BCUT2D eigenvalue weighted by Crippen LogP contribution is 2.37. The van der Waals surface area contributed by atoms with Crippen LogP contribution in [-0.4, -0.2) is 4.57 Å². The number of rotatable bonds is 4. The highest BCUT2D eigenvalue weighted by molar-refractivity contribution is 7.14. The largest absolute Gasteiger partial charge is 0.332 e. The van der Waals surface area contributed by atoms with Crippen molar-refractivity contribution in [3.05, 3.63) is 83.1 Å². The van der Waals surface area contributed by atoms with Crippen molar-refractivity contribution in [2.24, 2.45) is 0 Å². The average Bonchev–Trinajstić information content (AvgIpc) is 3.33. The van der Waals surface area contributed by atoms with E-state index in [9.17, 15) is 0 Å². The van der Waals surface area contributed by atoms with E-state index < -0.39 is 0 Å². The smallest absolute Gasteiger partial charge is 0.0592 e. The van der Waals surface area contributed by atoms with Crippen molar-refractivity contribution in [3.8, 4) is 21.1 Å². The highest BCUT2D eigenvalue weighted by Gasteiger charge is 2.18. The molecule has 0 aliphatic carbocycles. The molecule has 1 aromatic carbocycles. The molecule has 1 atom stereocenters. The van der Waals surface area contributed by atoms with Crippen molar-refractivity contribution < 1.29 is 0 Å². The summed E-state index contributed by atoms with van der Waals surface area (Å²) in [6.45, 7) is 2.28. The molecule has 3 heterocycles. The van der Waals surface area contributed by atoms with Crippen LogP contribution in [0.15, 0.2) is 77.5 Å². The molecule has 0 aliphatic heterocycles. The van der Waals surface area contributed by atoms with Gasteiger partial charge in [0.15, 0.2) is 0 Å². The van der Waals surface area contributed by atoms with Crippen molar-refractivity contribution in [2.75, 3.05) is 0 Å². The molecule has 1 nitrogen and oxygen atoms in total. The van der Waals surface area contributed by atoms with E-state index in [1.54, 1.807) is 22.7 Å². The van der Waals surface area contributed by atoms with Gasteiger partial charge in [0.25, 0.3) is 0 Å². The lowest BCUT2D eigenvalue weighted by Gasteiger charge is -2.20. The SMILES string of the molecule is CC(c1ccccc1)n1c(-c2cccs2)ccc1-c1cccs1. The van der Waals surface area contributed by atoms with E-state index in [0.717, 1.165) is 0 Å². The van der Waals surface area contributed by atoms with Crippen LogP contribution in [0.4, 0.5) is 0 Å². The Morgan fingerprint density at radius 1 is 0.696 bits per heavy atom. The Balaban J connectivity index is 1.90. The summed E-state index contributed by atoms with van der Waals surface area (Å²) >= 11 is 3.59. The molecule has 0 saturated carbocycles. The molecule has 3 aromatic heterocycles. The predicted octanol–water partition coefficient (Wildman–Crippen LogP) is 6.55. The number of hydrogen-bond donors (Lipinski definition) is 0. The maximum atomic E-state index is 2.47. The number of aromatic nitrogens is 1. The van der Waals surface area contributed by atoms with Crippen molar-refractivity contribution in [1.82, 2.24) is 4.57 Å². The molecule has 4 rings (SSSR count). The van der Waals surface area contributed by atoms with Crippen molar-refractivity contribution in [3.63, 3.8) is 0 Å². The van der Waals surface area contributed by atoms with E-state index in [2.05, 4.69) is 89.0 Å². The Hall–Kier alpha value is -2.10. The quantitative estimate of drug-likeness (QED) is 0.398. The van der Waals surface area contributed by atoms with Gasteiger partial charge >= 0.3 is 0 Å². The van der Waals surface area contributed by atoms with Gasteiger partial charge in [-0.15, -0.1) is 22.7 Å². The summed E-state index contributed by atoms with van der Waals surface area (Å²) in [6.07, 6.45) is 0. The van der Waals surface area contributed by atoms with Gasteiger partial charge in [0.1, 0.15) is 0 Å². The first kappa shape index (κ1) is 14.5. The zero-order chi connectivity index (χ0) is 15.6. The van der Waals surface area contributed by atoms with Crippen molar-refractivity contribution in [2.45, 2.75) is 13.0 Å². The van der Waals surface area contributed by atoms with Gasteiger partial charge in [-0.3, -0.25) is 0 Å². The third-order valence-electron chi connectivity index (χ3n) is 4.13. The molecule has 0 radical (unpaired) electrons. The molecule has 4 aromatic rings. The fourth-order valence-electron chi connectivity index (χ4n) is 3.00. The van der Waals surface area contributed by atoms with Crippen molar-refractivity contribution >= 4 is 22.7 Å². The maximum absolute atomic E-state index is 2.47. The third-order valence-corrected chi connectivity index (χ3v) is 5.92. The summed E-state index contributed by atoms with van der Waals surface area (Å²) in [7, 11) is 0. The van der Waals surface area contributed by atoms with Crippen LogP contribution in [0.25, 0.3) is 21.1 Å².